The highest BCUT2D eigenvalue weighted by Crippen LogP contribution is 2.33. The fourth-order valence-corrected chi connectivity index (χ4v) is 5.49. The van der Waals surface area contributed by atoms with E-state index in [9.17, 15) is 4.79 Å². The topological polar surface area (TPSA) is 65.2 Å². The Morgan fingerprint density at radius 1 is 1.08 bits per heavy atom. The van der Waals surface area contributed by atoms with Crippen molar-refractivity contribution in [3.05, 3.63) is 83.1 Å². The molecule has 8 heteroatoms. The molecule has 0 N–H and O–H groups in total. The van der Waals surface area contributed by atoms with Gasteiger partial charge in [-0.2, -0.15) is 5.10 Å². The van der Waals surface area contributed by atoms with E-state index in [1.54, 1.807) is 0 Å². The van der Waals surface area contributed by atoms with Crippen LogP contribution in [0.1, 0.15) is 33.0 Å². The van der Waals surface area contributed by atoms with Gasteiger partial charge in [0, 0.05) is 49.9 Å². The van der Waals surface area contributed by atoms with Gasteiger partial charge < -0.3 is 9.30 Å². The lowest BCUT2D eigenvalue weighted by Gasteiger charge is -2.28. The molecule has 0 spiro atoms. The number of rotatable bonds is 10. The van der Waals surface area contributed by atoms with Crippen molar-refractivity contribution in [3.63, 3.8) is 0 Å². The van der Waals surface area contributed by atoms with E-state index >= 15 is 0 Å². The molecule has 2 aromatic carbocycles. The van der Waals surface area contributed by atoms with Crippen LogP contribution >= 0.6 is 10.0 Å². The van der Waals surface area contributed by atoms with Crippen molar-refractivity contribution in [1.29, 1.82) is 0 Å². The van der Waals surface area contributed by atoms with Crippen LogP contribution in [0.5, 0.6) is 0 Å². The third kappa shape index (κ3) is 6.32. The molecule has 0 unspecified atom stereocenters. The lowest BCUT2D eigenvalue weighted by molar-refractivity contribution is 0.0814. The van der Waals surface area contributed by atoms with Gasteiger partial charge in [0.2, 0.25) is 5.78 Å². The molecule has 5 rings (SSSR count). The number of ether oxygens (including phenoxy) is 1. The van der Waals surface area contributed by atoms with Crippen molar-refractivity contribution in [2.45, 2.75) is 39.7 Å². The normalized spacial score (nSPS) is 14.7. The Hall–Kier alpha value is -2.94. The van der Waals surface area contributed by atoms with Crippen LogP contribution in [0.15, 0.2) is 54.9 Å². The highest BCUT2D eigenvalue weighted by molar-refractivity contribution is 8.32. The first kappa shape index (κ1) is 25.7. The summed E-state index contributed by atoms with van der Waals surface area (Å²) in [7, 11) is -0.563. The Kier molecular flexibility index (Phi) is 7.51. The number of nitrogens with zero attached hydrogens (tertiary/aromatic N) is 5. The average Bonchev–Trinajstić information content (AvgIpc) is 3.46. The lowest BCUT2D eigenvalue weighted by Crippen LogP contribution is -2.34. The molecule has 4 aromatic rings. The zero-order chi connectivity index (χ0) is 26.0. The fourth-order valence-electron chi connectivity index (χ4n) is 4.87. The Balaban J connectivity index is 1.23. The summed E-state index contributed by atoms with van der Waals surface area (Å²) in [6, 6.07) is 14.7. The number of Topliss-reactive ketones (excluding diaryl/α,β-unsaturated/α-hetero) is 1. The van der Waals surface area contributed by atoms with Gasteiger partial charge in [-0.1, -0.05) is 36.4 Å². The van der Waals surface area contributed by atoms with Crippen LogP contribution in [-0.4, -0.2) is 67.7 Å². The summed E-state index contributed by atoms with van der Waals surface area (Å²) in [5.41, 5.74) is 5.42. The van der Waals surface area contributed by atoms with Crippen molar-refractivity contribution >= 4 is 26.7 Å². The first-order valence-electron chi connectivity index (χ1n) is 12.8. The SMILES string of the molecule is Cc1cc(CC(=O)c2ncc3n2CCN(Cc2ccccc2)C3)cc2cn(COCCS(C)(C)C)nc12. The molecular formula is C29H37N5O2S. The maximum Gasteiger partial charge on any atom is 0.202 e. The molecule has 1 aliphatic rings. The van der Waals surface area contributed by atoms with Gasteiger partial charge in [-0.15, -0.1) is 0 Å². The number of fused-ring (bicyclic) bond motifs is 2. The fraction of sp³-hybridized carbons (Fsp3) is 0.414. The van der Waals surface area contributed by atoms with Crippen LogP contribution < -0.4 is 0 Å². The maximum atomic E-state index is 13.3. The summed E-state index contributed by atoms with van der Waals surface area (Å²) in [6.07, 6.45) is 11.1. The molecular weight excluding hydrogens is 482 g/mol. The second-order valence-electron chi connectivity index (χ2n) is 10.9. The largest absolute Gasteiger partial charge is 0.358 e. The number of aromatic nitrogens is 4. The van der Waals surface area contributed by atoms with E-state index in [2.05, 4.69) is 76.5 Å². The maximum absolute atomic E-state index is 13.3. The van der Waals surface area contributed by atoms with Gasteiger partial charge in [0.1, 0.15) is 6.73 Å². The number of imidazole rings is 1. The predicted molar refractivity (Wildman–Crippen MR) is 151 cm³/mol. The van der Waals surface area contributed by atoms with Crippen molar-refractivity contribution in [3.8, 4) is 0 Å². The molecule has 0 aliphatic carbocycles. The van der Waals surface area contributed by atoms with Gasteiger partial charge in [0.25, 0.3) is 0 Å². The molecule has 0 bridgehead atoms. The first-order valence-corrected chi connectivity index (χ1v) is 15.8. The molecule has 0 saturated carbocycles. The van der Waals surface area contributed by atoms with Gasteiger partial charge in [-0.3, -0.25) is 9.69 Å². The summed E-state index contributed by atoms with van der Waals surface area (Å²) in [4.78, 5) is 20.2. The molecule has 0 amide bonds. The number of hydrogen-bond acceptors (Lipinski definition) is 5. The van der Waals surface area contributed by atoms with Crippen molar-refractivity contribution in [2.75, 3.05) is 37.7 Å². The summed E-state index contributed by atoms with van der Waals surface area (Å²) in [5.74, 6) is 1.71. The Labute approximate surface area is 220 Å². The number of hydrogen-bond donors (Lipinski definition) is 0. The quantitative estimate of drug-likeness (QED) is 0.225. The minimum Gasteiger partial charge on any atom is -0.358 e. The van der Waals surface area contributed by atoms with Crippen LogP contribution in [0.25, 0.3) is 10.9 Å². The number of aryl methyl sites for hydroxylation is 1. The highest BCUT2D eigenvalue weighted by Gasteiger charge is 2.23. The summed E-state index contributed by atoms with van der Waals surface area (Å²) in [6.45, 7) is 6.64. The highest BCUT2D eigenvalue weighted by atomic mass is 32.3. The molecule has 1 aliphatic heterocycles. The molecule has 196 valence electrons. The minimum atomic E-state index is -0.563. The summed E-state index contributed by atoms with van der Waals surface area (Å²) >= 11 is 0. The lowest BCUT2D eigenvalue weighted by atomic mass is 10.0. The molecule has 0 atom stereocenters. The Morgan fingerprint density at radius 3 is 2.68 bits per heavy atom. The molecule has 0 saturated heterocycles. The monoisotopic (exact) mass is 519 g/mol. The third-order valence-corrected chi connectivity index (χ3v) is 8.19. The van der Waals surface area contributed by atoms with E-state index in [0.29, 0.717) is 19.0 Å². The van der Waals surface area contributed by atoms with Gasteiger partial charge >= 0.3 is 0 Å². The first-order chi connectivity index (χ1) is 17.7. The van der Waals surface area contributed by atoms with Crippen LogP contribution in [0.2, 0.25) is 0 Å². The Bertz CT molecular complexity index is 1390. The number of ketones is 1. The van der Waals surface area contributed by atoms with Crippen LogP contribution in [0.4, 0.5) is 0 Å². The van der Waals surface area contributed by atoms with Gasteiger partial charge in [0.05, 0.1) is 24.0 Å². The number of carbonyl (C=O) groups excluding carboxylic acids is 1. The van der Waals surface area contributed by atoms with E-state index < -0.39 is 10.0 Å². The zero-order valence-corrected chi connectivity index (χ0v) is 23.1. The summed E-state index contributed by atoms with van der Waals surface area (Å²) < 4.78 is 9.81. The van der Waals surface area contributed by atoms with Crippen molar-refractivity contribution < 1.29 is 9.53 Å². The number of benzene rings is 2. The third-order valence-electron chi connectivity index (χ3n) is 6.80. The van der Waals surface area contributed by atoms with E-state index in [-0.39, 0.29) is 5.78 Å². The average molecular weight is 520 g/mol. The summed E-state index contributed by atoms with van der Waals surface area (Å²) in [5, 5.41) is 5.74. The van der Waals surface area contributed by atoms with Crippen LogP contribution in [0.3, 0.4) is 0 Å². The molecule has 0 fully saturated rings. The molecule has 37 heavy (non-hydrogen) atoms. The van der Waals surface area contributed by atoms with Gasteiger partial charge in [-0.25, -0.2) is 19.7 Å². The molecule has 7 nitrogen and oxygen atoms in total. The molecule has 2 aromatic heterocycles. The second kappa shape index (κ2) is 10.8. The van der Waals surface area contributed by atoms with Crippen LogP contribution in [-0.2, 0) is 37.5 Å². The van der Waals surface area contributed by atoms with Crippen molar-refractivity contribution in [2.24, 2.45) is 0 Å². The molecule has 0 radical (unpaired) electrons. The van der Waals surface area contributed by atoms with Gasteiger partial charge in [-0.05, 0) is 48.4 Å². The predicted octanol–water partition coefficient (Wildman–Crippen LogP) is 4.65. The standard InChI is InChI=1S/C29H37N5O2S/c1-22-14-24(15-25-19-33(31-28(22)25)21-36-12-13-37(2,3)4)16-27(35)29-30-17-26-20-32(10-11-34(26)29)18-23-8-6-5-7-9-23/h5-9,14-15,17,19H,10-13,16,18,20-21H2,1-4H3. The zero-order valence-electron chi connectivity index (χ0n) is 22.3. The minimum absolute atomic E-state index is 0.0573. The second-order valence-corrected chi connectivity index (χ2v) is 15.5. The smallest absolute Gasteiger partial charge is 0.202 e. The Morgan fingerprint density at radius 2 is 1.89 bits per heavy atom. The van der Waals surface area contributed by atoms with E-state index in [0.717, 1.165) is 66.3 Å². The van der Waals surface area contributed by atoms with E-state index in [1.807, 2.05) is 23.1 Å². The van der Waals surface area contributed by atoms with Gasteiger partial charge in [0.15, 0.2) is 5.82 Å². The number of carbonyl (C=O) groups is 1. The van der Waals surface area contributed by atoms with E-state index in [1.165, 1.54) is 5.56 Å². The van der Waals surface area contributed by atoms with E-state index in [4.69, 9.17) is 9.84 Å². The molecule has 3 heterocycles. The van der Waals surface area contributed by atoms with Crippen LogP contribution in [0, 0.1) is 6.92 Å². The van der Waals surface area contributed by atoms with Crippen molar-refractivity contribution in [1.82, 2.24) is 24.2 Å².